The van der Waals surface area contributed by atoms with E-state index in [-0.39, 0.29) is 10.7 Å². The Hall–Kier alpha value is -1.01. The maximum atomic E-state index is 11.8. The Kier molecular flexibility index (Phi) is 3.17. The maximum Gasteiger partial charge on any atom is 0.573 e. The summed E-state index contributed by atoms with van der Waals surface area (Å²) in [7, 11) is 0. The summed E-state index contributed by atoms with van der Waals surface area (Å²) in [6.07, 6.45) is -3.79. The van der Waals surface area contributed by atoms with Crippen molar-refractivity contribution in [3.63, 3.8) is 0 Å². The van der Waals surface area contributed by atoms with Crippen molar-refractivity contribution in [2.45, 2.75) is 13.0 Å². The Bertz CT molecular complexity index is 329. The van der Waals surface area contributed by atoms with Gasteiger partial charge < -0.3 is 9.84 Å². The van der Waals surface area contributed by atoms with Gasteiger partial charge in [0.15, 0.2) is 0 Å². The molecule has 0 aliphatic heterocycles. The predicted molar refractivity (Wildman–Crippen MR) is 41.9 cm³/mol. The number of halogens is 4. The van der Waals surface area contributed by atoms with E-state index in [9.17, 15) is 13.2 Å². The number of aliphatic hydroxyl groups is 1. The minimum absolute atomic E-state index is 0.0771. The molecule has 0 spiro atoms. The number of pyridine rings is 1. The molecule has 0 saturated carbocycles. The molecule has 3 nitrogen and oxygen atoms in total. The van der Waals surface area contributed by atoms with E-state index in [1.54, 1.807) is 0 Å². The molecule has 0 saturated heterocycles. The largest absolute Gasteiger partial charge is 0.573 e. The SMILES string of the molecule is OCc1cnc(Cl)cc1OC(F)(F)F. The number of aliphatic hydroxyl groups excluding tert-OH is 1. The third kappa shape index (κ3) is 3.04. The quantitative estimate of drug-likeness (QED) is 0.787. The van der Waals surface area contributed by atoms with Crippen molar-refractivity contribution in [3.8, 4) is 5.75 Å². The van der Waals surface area contributed by atoms with Gasteiger partial charge in [-0.2, -0.15) is 0 Å². The van der Waals surface area contributed by atoms with Crippen molar-refractivity contribution in [2.75, 3.05) is 0 Å². The van der Waals surface area contributed by atoms with Crippen molar-refractivity contribution in [1.82, 2.24) is 4.98 Å². The van der Waals surface area contributed by atoms with Crippen LogP contribution in [0.2, 0.25) is 5.15 Å². The smallest absolute Gasteiger partial charge is 0.405 e. The number of hydrogen-bond donors (Lipinski definition) is 1. The van der Waals surface area contributed by atoms with E-state index in [4.69, 9.17) is 16.7 Å². The lowest BCUT2D eigenvalue weighted by Crippen LogP contribution is -2.18. The Balaban J connectivity index is 2.99. The molecule has 0 bridgehead atoms. The number of rotatable bonds is 2. The molecular weight excluding hydrogens is 223 g/mol. The van der Waals surface area contributed by atoms with Crippen LogP contribution in [0.15, 0.2) is 12.3 Å². The van der Waals surface area contributed by atoms with Gasteiger partial charge >= 0.3 is 6.36 Å². The predicted octanol–water partition coefficient (Wildman–Crippen LogP) is 2.13. The molecule has 0 atom stereocenters. The highest BCUT2D eigenvalue weighted by atomic mass is 35.5. The van der Waals surface area contributed by atoms with Gasteiger partial charge in [0.25, 0.3) is 0 Å². The summed E-state index contributed by atoms with van der Waals surface area (Å²) in [5.74, 6) is -0.542. The molecule has 0 amide bonds. The lowest BCUT2D eigenvalue weighted by molar-refractivity contribution is -0.275. The lowest BCUT2D eigenvalue weighted by atomic mass is 10.3. The fourth-order valence-electron chi connectivity index (χ4n) is 0.780. The monoisotopic (exact) mass is 227 g/mol. The summed E-state index contributed by atoms with van der Waals surface area (Å²) >= 11 is 5.36. The molecule has 0 fully saturated rings. The fourth-order valence-corrected chi connectivity index (χ4v) is 0.928. The minimum atomic E-state index is -4.81. The van der Waals surface area contributed by atoms with Gasteiger partial charge in [0.05, 0.1) is 6.61 Å². The minimum Gasteiger partial charge on any atom is -0.405 e. The highest BCUT2D eigenvalue weighted by Crippen LogP contribution is 2.27. The van der Waals surface area contributed by atoms with Crippen LogP contribution in [0.25, 0.3) is 0 Å². The van der Waals surface area contributed by atoms with E-state index in [1.807, 2.05) is 0 Å². The summed E-state index contributed by atoms with van der Waals surface area (Å²) in [5, 5.41) is 8.54. The van der Waals surface area contributed by atoms with Crippen LogP contribution in [0.1, 0.15) is 5.56 Å². The summed E-state index contributed by atoms with van der Waals surface area (Å²) in [5.41, 5.74) is -0.0771. The molecule has 0 aliphatic rings. The van der Waals surface area contributed by atoms with Crippen LogP contribution >= 0.6 is 11.6 Å². The van der Waals surface area contributed by atoms with Gasteiger partial charge in [-0.3, -0.25) is 0 Å². The molecule has 0 aliphatic carbocycles. The standard InChI is InChI=1S/C7H5ClF3NO2/c8-6-1-5(14-7(9,10)11)4(3-13)2-12-6/h1-2,13H,3H2. The van der Waals surface area contributed by atoms with Crippen LogP contribution in [0, 0.1) is 0 Å². The first-order valence-electron chi connectivity index (χ1n) is 3.43. The van der Waals surface area contributed by atoms with E-state index in [0.717, 1.165) is 12.3 Å². The Morgan fingerprint density at radius 3 is 2.64 bits per heavy atom. The summed E-state index contributed by atoms with van der Waals surface area (Å²) in [6, 6.07) is 0.889. The number of hydrogen-bond acceptors (Lipinski definition) is 3. The van der Waals surface area contributed by atoms with Crippen LogP contribution in [0.5, 0.6) is 5.75 Å². The average molecular weight is 228 g/mol. The summed E-state index contributed by atoms with van der Waals surface area (Å²) < 4.78 is 39.1. The van der Waals surface area contributed by atoms with Crippen molar-refractivity contribution in [3.05, 3.63) is 23.0 Å². The normalized spacial score (nSPS) is 11.5. The van der Waals surface area contributed by atoms with Gasteiger partial charge in [-0.15, -0.1) is 13.2 Å². The zero-order valence-electron chi connectivity index (χ0n) is 6.68. The number of ether oxygens (including phenoxy) is 1. The highest BCUT2D eigenvalue weighted by molar-refractivity contribution is 6.29. The van der Waals surface area contributed by atoms with Gasteiger partial charge in [-0.1, -0.05) is 11.6 Å². The fraction of sp³-hybridized carbons (Fsp3) is 0.286. The van der Waals surface area contributed by atoms with Gasteiger partial charge in [-0.25, -0.2) is 4.98 Å². The molecule has 7 heteroatoms. The van der Waals surface area contributed by atoms with Gasteiger partial charge in [0.1, 0.15) is 10.9 Å². The van der Waals surface area contributed by atoms with Crippen LogP contribution in [0.3, 0.4) is 0 Å². The van der Waals surface area contributed by atoms with Crippen LogP contribution in [-0.2, 0) is 6.61 Å². The zero-order chi connectivity index (χ0) is 10.8. The van der Waals surface area contributed by atoms with Crippen molar-refractivity contribution in [2.24, 2.45) is 0 Å². The molecular formula is C7H5ClF3NO2. The van der Waals surface area contributed by atoms with Gasteiger partial charge in [0.2, 0.25) is 0 Å². The molecule has 78 valence electrons. The number of aromatic nitrogens is 1. The van der Waals surface area contributed by atoms with Crippen LogP contribution < -0.4 is 4.74 Å². The average Bonchev–Trinajstić information content (AvgIpc) is 2.01. The van der Waals surface area contributed by atoms with Crippen molar-refractivity contribution in [1.29, 1.82) is 0 Å². The van der Waals surface area contributed by atoms with E-state index in [2.05, 4.69) is 9.72 Å². The van der Waals surface area contributed by atoms with E-state index in [0.29, 0.717) is 0 Å². The third-order valence-electron chi connectivity index (χ3n) is 1.31. The molecule has 1 N–H and O–H groups in total. The lowest BCUT2D eigenvalue weighted by Gasteiger charge is -2.11. The topological polar surface area (TPSA) is 42.4 Å². The first kappa shape index (κ1) is 11.1. The number of nitrogens with zero attached hydrogens (tertiary/aromatic N) is 1. The third-order valence-corrected chi connectivity index (χ3v) is 1.51. The molecule has 1 aromatic rings. The summed E-state index contributed by atoms with van der Waals surface area (Å²) in [6.45, 7) is -0.602. The maximum absolute atomic E-state index is 11.8. The van der Waals surface area contributed by atoms with Gasteiger partial charge in [-0.05, 0) is 0 Å². The Morgan fingerprint density at radius 2 is 2.14 bits per heavy atom. The molecule has 1 heterocycles. The molecule has 0 aromatic carbocycles. The van der Waals surface area contributed by atoms with Crippen molar-refractivity contribution < 1.29 is 23.0 Å². The molecule has 1 aromatic heterocycles. The van der Waals surface area contributed by atoms with E-state index < -0.39 is 18.7 Å². The Morgan fingerprint density at radius 1 is 1.50 bits per heavy atom. The second-order valence-corrected chi connectivity index (χ2v) is 2.71. The highest BCUT2D eigenvalue weighted by Gasteiger charge is 2.32. The van der Waals surface area contributed by atoms with Gasteiger partial charge in [0, 0.05) is 17.8 Å². The second-order valence-electron chi connectivity index (χ2n) is 2.32. The first-order chi connectivity index (χ1) is 6.42. The molecule has 0 unspecified atom stereocenters. The summed E-state index contributed by atoms with van der Waals surface area (Å²) in [4.78, 5) is 3.50. The molecule has 14 heavy (non-hydrogen) atoms. The first-order valence-corrected chi connectivity index (χ1v) is 3.81. The zero-order valence-corrected chi connectivity index (χ0v) is 7.43. The Labute approximate surface area is 82.1 Å². The number of alkyl halides is 3. The van der Waals surface area contributed by atoms with E-state index in [1.165, 1.54) is 0 Å². The van der Waals surface area contributed by atoms with Crippen molar-refractivity contribution >= 4 is 11.6 Å². The van der Waals surface area contributed by atoms with Crippen LogP contribution in [-0.4, -0.2) is 16.5 Å². The molecule has 1 rings (SSSR count). The van der Waals surface area contributed by atoms with E-state index >= 15 is 0 Å². The van der Waals surface area contributed by atoms with Crippen LogP contribution in [0.4, 0.5) is 13.2 Å². The second kappa shape index (κ2) is 4.02. The molecule has 0 radical (unpaired) electrons.